The van der Waals surface area contributed by atoms with Crippen molar-refractivity contribution in [2.75, 3.05) is 6.61 Å². The summed E-state index contributed by atoms with van der Waals surface area (Å²) in [5.41, 5.74) is -0.553. The Kier molecular flexibility index (Phi) is 4.77. The summed E-state index contributed by atoms with van der Waals surface area (Å²) >= 11 is 0. The van der Waals surface area contributed by atoms with Crippen LogP contribution in [0, 0.1) is 21.4 Å². The number of benzene rings is 2. The Morgan fingerprint density at radius 3 is 2.30 bits per heavy atom. The fourth-order valence-corrected chi connectivity index (χ4v) is 2.99. The summed E-state index contributed by atoms with van der Waals surface area (Å²) in [7, 11) is 0. The maximum Gasteiger partial charge on any atom is 0.310 e. The van der Waals surface area contributed by atoms with Gasteiger partial charge in [0.05, 0.1) is 23.8 Å². The Morgan fingerprint density at radius 2 is 1.70 bits per heavy atom. The number of carbonyl (C=O) groups is 3. The van der Waals surface area contributed by atoms with Crippen LogP contribution in [0.2, 0.25) is 0 Å². The van der Waals surface area contributed by atoms with Crippen molar-refractivity contribution < 1.29 is 24.0 Å². The molecule has 1 aliphatic carbocycles. The number of nitriles is 1. The van der Waals surface area contributed by atoms with Crippen molar-refractivity contribution in [1.29, 1.82) is 5.26 Å². The fourth-order valence-electron chi connectivity index (χ4n) is 2.99. The van der Waals surface area contributed by atoms with E-state index in [4.69, 9.17) is 10.00 Å². The van der Waals surface area contributed by atoms with E-state index in [1.807, 2.05) is 6.07 Å². The van der Waals surface area contributed by atoms with Crippen LogP contribution in [0.4, 0.5) is 5.69 Å². The van der Waals surface area contributed by atoms with Gasteiger partial charge in [-0.2, -0.15) is 5.26 Å². The molecule has 2 aromatic rings. The number of hydrogen-bond donors (Lipinski definition) is 0. The molecule has 0 spiro atoms. The van der Waals surface area contributed by atoms with Crippen LogP contribution in [0.1, 0.15) is 43.8 Å². The topological polar surface area (TPSA) is 127 Å². The molecule has 2 aromatic carbocycles. The van der Waals surface area contributed by atoms with E-state index < -0.39 is 28.1 Å². The molecule has 0 bridgehead atoms. The van der Waals surface area contributed by atoms with Crippen molar-refractivity contribution in [2.24, 2.45) is 0 Å². The molecule has 0 aliphatic heterocycles. The zero-order valence-corrected chi connectivity index (χ0v) is 13.9. The van der Waals surface area contributed by atoms with Crippen molar-refractivity contribution in [3.63, 3.8) is 0 Å². The lowest BCUT2D eigenvalue weighted by atomic mass is 9.80. The summed E-state index contributed by atoms with van der Waals surface area (Å²) in [6.45, 7) is -0.0970. The second-order valence-corrected chi connectivity index (χ2v) is 5.76. The summed E-state index contributed by atoms with van der Waals surface area (Å²) < 4.78 is 4.90. The number of hydrogen-bond acceptors (Lipinski definition) is 7. The van der Waals surface area contributed by atoms with Gasteiger partial charge in [0, 0.05) is 22.8 Å². The lowest BCUT2D eigenvalue weighted by molar-refractivity contribution is -0.385. The minimum absolute atomic E-state index is 0.0227. The quantitative estimate of drug-likeness (QED) is 0.294. The molecule has 0 unspecified atom stereocenters. The van der Waals surface area contributed by atoms with Gasteiger partial charge in [-0.25, -0.2) is 0 Å². The summed E-state index contributed by atoms with van der Waals surface area (Å²) in [4.78, 5) is 48.3. The first-order valence-corrected chi connectivity index (χ1v) is 7.97. The Bertz CT molecular complexity index is 1030. The van der Waals surface area contributed by atoms with Gasteiger partial charge in [-0.15, -0.1) is 0 Å². The number of nitro groups is 1. The molecule has 1 aliphatic rings. The van der Waals surface area contributed by atoms with Gasteiger partial charge in [-0.3, -0.25) is 24.5 Å². The largest absolute Gasteiger partial charge is 0.464 e. The number of carbonyl (C=O) groups excluding carboxylic acids is 3. The number of nitro benzene ring substituents is 1. The average molecular weight is 364 g/mol. The molecule has 0 saturated heterocycles. The first kappa shape index (κ1) is 17.9. The Morgan fingerprint density at radius 1 is 1.07 bits per heavy atom. The molecule has 27 heavy (non-hydrogen) atoms. The molecular weight excluding hydrogens is 352 g/mol. The average Bonchev–Trinajstić information content (AvgIpc) is 2.65. The highest BCUT2D eigenvalue weighted by Crippen LogP contribution is 2.35. The predicted octanol–water partition coefficient (Wildman–Crippen LogP) is 2.37. The zero-order chi connectivity index (χ0) is 19.6. The third kappa shape index (κ3) is 3.18. The van der Waals surface area contributed by atoms with Gasteiger partial charge in [0.1, 0.15) is 12.2 Å². The SMILES string of the molecule is N#CCCOC(=O)Cc1ccc([N+](=O)[O-])c2c1C(=O)c1ccccc1C2=O. The van der Waals surface area contributed by atoms with E-state index in [-0.39, 0.29) is 47.3 Å². The highest BCUT2D eigenvalue weighted by Gasteiger charge is 2.37. The van der Waals surface area contributed by atoms with Crippen LogP contribution in [0.5, 0.6) is 0 Å². The van der Waals surface area contributed by atoms with Crippen LogP contribution in [-0.4, -0.2) is 29.1 Å². The summed E-state index contributed by atoms with van der Waals surface area (Å²) in [5.74, 6) is -1.88. The number of ether oxygens (including phenoxy) is 1. The first-order valence-electron chi connectivity index (χ1n) is 7.97. The van der Waals surface area contributed by atoms with Crippen molar-refractivity contribution in [1.82, 2.24) is 0 Å². The van der Waals surface area contributed by atoms with E-state index in [1.54, 1.807) is 12.1 Å². The molecule has 0 amide bonds. The monoisotopic (exact) mass is 364 g/mol. The van der Waals surface area contributed by atoms with Gasteiger partial charge >= 0.3 is 5.97 Å². The molecule has 0 fully saturated rings. The molecule has 0 N–H and O–H groups in total. The van der Waals surface area contributed by atoms with E-state index in [0.717, 1.165) is 6.07 Å². The van der Waals surface area contributed by atoms with Crippen LogP contribution >= 0.6 is 0 Å². The first-order chi connectivity index (χ1) is 13.0. The number of fused-ring (bicyclic) bond motifs is 2. The number of ketones is 2. The Balaban J connectivity index is 2.10. The van der Waals surface area contributed by atoms with Crippen molar-refractivity contribution in [3.05, 3.63) is 74.3 Å². The summed E-state index contributed by atoms with van der Waals surface area (Å²) in [5, 5.41) is 19.8. The third-order valence-electron chi connectivity index (χ3n) is 4.15. The molecule has 0 saturated carbocycles. The van der Waals surface area contributed by atoms with Gasteiger partial charge < -0.3 is 4.74 Å². The highest BCUT2D eigenvalue weighted by atomic mass is 16.6. The molecule has 8 heteroatoms. The third-order valence-corrected chi connectivity index (χ3v) is 4.15. The smallest absolute Gasteiger partial charge is 0.310 e. The van der Waals surface area contributed by atoms with Crippen LogP contribution in [0.25, 0.3) is 0 Å². The highest BCUT2D eigenvalue weighted by molar-refractivity contribution is 6.30. The molecule has 3 rings (SSSR count). The molecular formula is C19H12N2O6. The molecule has 0 radical (unpaired) electrons. The van der Waals surface area contributed by atoms with E-state index in [1.165, 1.54) is 18.2 Å². The number of nitrogens with zero attached hydrogens (tertiary/aromatic N) is 2. The maximum absolute atomic E-state index is 12.9. The van der Waals surface area contributed by atoms with Crippen LogP contribution in [0.3, 0.4) is 0 Å². The molecule has 0 atom stereocenters. The second-order valence-electron chi connectivity index (χ2n) is 5.76. The van der Waals surface area contributed by atoms with Gasteiger partial charge in [0.25, 0.3) is 5.69 Å². The normalized spacial score (nSPS) is 12.0. The predicted molar refractivity (Wildman–Crippen MR) is 91.3 cm³/mol. The van der Waals surface area contributed by atoms with Crippen LogP contribution < -0.4 is 0 Å². The number of esters is 1. The maximum atomic E-state index is 12.9. The van der Waals surface area contributed by atoms with E-state index in [2.05, 4.69) is 0 Å². The molecule has 0 heterocycles. The van der Waals surface area contributed by atoms with Gasteiger partial charge in [0.15, 0.2) is 5.78 Å². The van der Waals surface area contributed by atoms with Gasteiger partial charge in [-0.05, 0) is 5.56 Å². The number of rotatable bonds is 5. The minimum atomic E-state index is -0.729. The fraction of sp³-hybridized carbons (Fsp3) is 0.158. The van der Waals surface area contributed by atoms with Gasteiger partial charge in [0.2, 0.25) is 5.78 Å². The summed E-state index contributed by atoms with van der Waals surface area (Å²) in [6, 6.07) is 10.3. The molecule has 0 aromatic heterocycles. The van der Waals surface area contributed by atoms with Crippen molar-refractivity contribution >= 4 is 23.2 Å². The van der Waals surface area contributed by atoms with E-state index >= 15 is 0 Å². The van der Waals surface area contributed by atoms with E-state index in [9.17, 15) is 24.5 Å². The van der Waals surface area contributed by atoms with Gasteiger partial charge in [-0.1, -0.05) is 30.3 Å². The standard InChI is InChI=1S/C19H12N2O6/c20-8-3-9-27-15(22)10-11-6-7-14(21(25)26)17-16(11)18(23)12-4-1-2-5-13(12)19(17)24/h1-2,4-7H,3,9-10H2. The van der Waals surface area contributed by atoms with Crippen molar-refractivity contribution in [2.45, 2.75) is 12.8 Å². The Labute approximate surface area is 153 Å². The lowest BCUT2D eigenvalue weighted by Crippen LogP contribution is -2.25. The summed E-state index contributed by atoms with van der Waals surface area (Å²) in [6.07, 6.45) is -0.318. The molecule has 134 valence electrons. The lowest BCUT2D eigenvalue weighted by Gasteiger charge is -2.19. The van der Waals surface area contributed by atoms with Crippen LogP contribution in [-0.2, 0) is 16.0 Å². The van der Waals surface area contributed by atoms with Crippen molar-refractivity contribution in [3.8, 4) is 6.07 Å². The second kappa shape index (κ2) is 7.17. The van der Waals surface area contributed by atoms with Crippen LogP contribution in [0.15, 0.2) is 36.4 Å². The molecule has 8 nitrogen and oxygen atoms in total. The zero-order valence-electron chi connectivity index (χ0n) is 13.9. The Hall–Kier alpha value is -3.86. The van der Waals surface area contributed by atoms with E-state index in [0.29, 0.717) is 0 Å². The minimum Gasteiger partial charge on any atom is -0.464 e.